The number of likely N-dealkylation sites (tertiary alicyclic amines) is 1. The SMILES string of the molecule is CC(C)(C)OC(=O)N1C[C@H]2CC(C(=O)Nc3cc(Br)c(Cl)cn3)C[C@H]2C1. The molecule has 0 spiro atoms. The molecule has 3 rings (SSSR count). The predicted octanol–water partition coefficient (Wildman–Crippen LogP) is 4.33. The van der Waals surface area contributed by atoms with Gasteiger partial charge in [-0.3, -0.25) is 4.79 Å². The summed E-state index contributed by atoms with van der Waals surface area (Å²) < 4.78 is 6.14. The van der Waals surface area contributed by atoms with Crippen LogP contribution in [0.1, 0.15) is 33.6 Å². The van der Waals surface area contributed by atoms with Gasteiger partial charge in [-0.1, -0.05) is 11.6 Å². The van der Waals surface area contributed by atoms with E-state index in [9.17, 15) is 9.59 Å². The number of nitrogens with zero attached hydrogens (tertiary/aromatic N) is 2. The van der Waals surface area contributed by atoms with Crippen LogP contribution in [0.3, 0.4) is 0 Å². The van der Waals surface area contributed by atoms with Gasteiger partial charge in [-0.2, -0.15) is 0 Å². The number of ether oxygens (including phenoxy) is 1. The van der Waals surface area contributed by atoms with Gasteiger partial charge in [0.1, 0.15) is 11.4 Å². The van der Waals surface area contributed by atoms with Crippen LogP contribution in [0.2, 0.25) is 5.02 Å². The number of hydrogen-bond donors (Lipinski definition) is 1. The molecule has 2 amide bonds. The molecule has 2 aliphatic rings. The Morgan fingerprint density at radius 1 is 1.31 bits per heavy atom. The molecule has 1 aromatic heterocycles. The zero-order valence-corrected chi connectivity index (χ0v) is 17.4. The van der Waals surface area contributed by atoms with Crippen molar-refractivity contribution in [1.82, 2.24) is 9.88 Å². The summed E-state index contributed by atoms with van der Waals surface area (Å²) in [7, 11) is 0. The number of pyridine rings is 1. The zero-order valence-electron chi connectivity index (χ0n) is 15.1. The maximum Gasteiger partial charge on any atom is 0.410 e. The van der Waals surface area contributed by atoms with Crippen molar-refractivity contribution in [2.24, 2.45) is 17.8 Å². The minimum Gasteiger partial charge on any atom is -0.444 e. The van der Waals surface area contributed by atoms with Crippen LogP contribution in [-0.2, 0) is 9.53 Å². The highest BCUT2D eigenvalue weighted by atomic mass is 79.9. The summed E-state index contributed by atoms with van der Waals surface area (Å²) in [5, 5.41) is 3.36. The Bertz CT molecular complexity index is 708. The van der Waals surface area contributed by atoms with Gasteiger partial charge in [0, 0.05) is 29.7 Å². The average Bonchev–Trinajstić information content (AvgIpc) is 3.08. The second-order valence-electron chi connectivity index (χ2n) is 8.05. The van der Waals surface area contributed by atoms with Crippen molar-refractivity contribution in [2.75, 3.05) is 18.4 Å². The molecule has 1 unspecified atom stereocenters. The largest absolute Gasteiger partial charge is 0.444 e. The Kier molecular flexibility index (Phi) is 5.49. The number of aromatic nitrogens is 1. The van der Waals surface area contributed by atoms with Crippen molar-refractivity contribution >= 4 is 45.3 Å². The number of carbonyl (C=O) groups excluding carboxylic acids is 2. The van der Waals surface area contributed by atoms with Gasteiger partial charge in [0.15, 0.2) is 0 Å². The third-order valence-corrected chi connectivity index (χ3v) is 6.02. The second-order valence-corrected chi connectivity index (χ2v) is 9.31. The fourth-order valence-corrected chi connectivity index (χ4v) is 4.12. The molecule has 1 N–H and O–H groups in total. The Balaban J connectivity index is 1.53. The van der Waals surface area contributed by atoms with Crippen LogP contribution in [0.4, 0.5) is 10.6 Å². The van der Waals surface area contributed by atoms with Crippen LogP contribution in [0.5, 0.6) is 0 Å². The summed E-state index contributed by atoms with van der Waals surface area (Å²) in [4.78, 5) is 30.6. The van der Waals surface area contributed by atoms with Gasteiger partial charge >= 0.3 is 6.09 Å². The number of rotatable bonds is 2. The van der Waals surface area contributed by atoms with Crippen LogP contribution in [0.25, 0.3) is 0 Å². The average molecular weight is 445 g/mol. The van der Waals surface area contributed by atoms with E-state index in [1.165, 1.54) is 6.20 Å². The number of amides is 2. The number of carbonyl (C=O) groups is 2. The first-order valence-electron chi connectivity index (χ1n) is 8.72. The topological polar surface area (TPSA) is 71.5 Å². The summed E-state index contributed by atoms with van der Waals surface area (Å²) in [6.45, 7) is 6.92. The van der Waals surface area contributed by atoms with Gasteiger partial charge in [0.2, 0.25) is 5.91 Å². The first-order valence-corrected chi connectivity index (χ1v) is 9.89. The maximum absolute atomic E-state index is 12.5. The van der Waals surface area contributed by atoms with E-state index in [2.05, 4.69) is 26.2 Å². The Hall–Kier alpha value is -1.34. The lowest BCUT2D eigenvalue weighted by Crippen LogP contribution is -2.36. The molecule has 3 atom stereocenters. The molecule has 1 aromatic rings. The van der Waals surface area contributed by atoms with Crippen LogP contribution >= 0.6 is 27.5 Å². The Labute approximate surface area is 166 Å². The van der Waals surface area contributed by atoms with Crippen molar-refractivity contribution in [3.05, 3.63) is 21.8 Å². The minimum absolute atomic E-state index is 0.0232. The number of anilines is 1. The zero-order chi connectivity index (χ0) is 19.1. The summed E-state index contributed by atoms with van der Waals surface area (Å²) in [5.74, 6) is 1.11. The molecule has 1 aliphatic carbocycles. The summed E-state index contributed by atoms with van der Waals surface area (Å²) >= 11 is 9.25. The normalized spacial score (nSPS) is 25.1. The van der Waals surface area contributed by atoms with Gasteiger partial charge in [0.25, 0.3) is 0 Å². The lowest BCUT2D eigenvalue weighted by atomic mass is 10.0. The molecule has 8 heteroatoms. The van der Waals surface area contributed by atoms with Gasteiger partial charge in [-0.25, -0.2) is 9.78 Å². The summed E-state index contributed by atoms with van der Waals surface area (Å²) in [5.41, 5.74) is -0.489. The van der Waals surface area contributed by atoms with Gasteiger partial charge in [-0.15, -0.1) is 0 Å². The lowest BCUT2D eigenvalue weighted by molar-refractivity contribution is -0.119. The van der Waals surface area contributed by atoms with E-state index < -0.39 is 5.60 Å². The highest BCUT2D eigenvalue weighted by Crippen LogP contribution is 2.42. The van der Waals surface area contributed by atoms with Crippen molar-refractivity contribution in [3.8, 4) is 0 Å². The number of nitrogens with one attached hydrogen (secondary N) is 1. The van der Waals surface area contributed by atoms with Crippen LogP contribution in [-0.4, -0.2) is 40.6 Å². The Morgan fingerprint density at radius 2 is 1.92 bits per heavy atom. The van der Waals surface area contributed by atoms with E-state index >= 15 is 0 Å². The number of fused-ring (bicyclic) bond motifs is 1. The highest BCUT2D eigenvalue weighted by Gasteiger charge is 2.45. The molecule has 2 heterocycles. The molecule has 1 saturated carbocycles. The lowest BCUT2D eigenvalue weighted by Gasteiger charge is -2.25. The molecule has 26 heavy (non-hydrogen) atoms. The first kappa shape index (κ1) is 19.4. The van der Waals surface area contributed by atoms with Gasteiger partial charge in [0.05, 0.1) is 5.02 Å². The van der Waals surface area contributed by atoms with E-state index in [4.69, 9.17) is 16.3 Å². The minimum atomic E-state index is -0.489. The second kappa shape index (κ2) is 7.35. The van der Waals surface area contributed by atoms with E-state index in [0.29, 0.717) is 40.2 Å². The predicted molar refractivity (Wildman–Crippen MR) is 103 cm³/mol. The molecular weight excluding hydrogens is 422 g/mol. The first-order chi connectivity index (χ1) is 12.1. The molecule has 2 fully saturated rings. The fraction of sp³-hybridized carbons (Fsp3) is 0.611. The number of halogens is 2. The molecule has 1 saturated heterocycles. The van der Waals surface area contributed by atoms with E-state index in [0.717, 1.165) is 12.8 Å². The highest BCUT2D eigenvalue weighted by molar-refractivity contribution is 9.10. The van der Waals surface area contributed by atoms with Crippen molar-refractivity contribution in [2.45, 2.75) is 39.2 Å². The van der Waals surface area contributed by atoms with Crippen molar-refractivity contribution in [1.29, 1.82) is 0 Å². The number of hydrogen-bond acceptors (Lipinski definition) is 4. The molecule has 0 radical (unpaired) electrons. The molecule has 0 bridgehead atoms. The van der Waals surface area contributed by atoms with Crippen molar-refractivity contribution < 1.29 is 14.3 Å². The molecular formula is C18H23BrClN3O3. The van der Waals surface area contributed by atoms with Crippen LogP contribution in [0, 0.1) is 17.8 Å². The van der Waals surface area contributed by atoms with Crippen LogP contribution < -0.4 is 5.32 Å². The standard InChI is InChI=1S/C18H23BrClN3O3/c1-18(2,3)26-17(25)23-8-11-4-10(5-12(11)9-23)16(24)22-15-6-13(19)14(20)7-21-15/h6-7,10-12H,4-5,8-9H2,1-3H3,(H,21,22,24)/t10?,11-,12+. The van der Waals surface area contributed by atoms with Gasteiger partial charge in [-0.05, 0) is 67.4 Å². The van der Waals surface area contributed by atoms with E-state index in [-0.39, 0.29) is 17.9 Å². The quantitative estimate of drug-likeness (QED) is 0.737. The third-order valence-electron chi connectivity index (χ3n) is 4.83. The van der Waals surface area contributed by atoms with Crippen molar-refractivity contribution in [3.63, 3.8) is 0 Å². The van der Waals surface area contributed by atoms with E-state index in [1.807, 2.05) is 20.8 Å². The maximum atomic E-state index is 12.5. The monoisotopic (exact) mass is 443 g/mol. The smallest absolute Gasteiger partial charge is 0.410 e. The van der Waals surface area contributed by atoms with Crippen LogP contribution in [0.15, 0.2) is 16.7 Å². The third kappa shape index (κ3) is 4.49. The fourth-order valence-electron chi connectivity index (χ4n) is 3.70. The van der Waals surface area contributed by atoms with E-state index in [1.54, 1.807) is 11.0 Å². The molecule has 0 aromatic carbocycles. The Morgan fingerprint density at radius 3 is 2.46 bits per heavy atom. The molecule has 1 aliphatic heterocycles. The van der Waals surface area contributed by atoms with Gasteiger partial charge < -0.3 is 15.0 Å². The molecule has 6 nitrogen and oxygen atoms in total. The summed E-state index contributed by atoms with van der Waals surface area (Å²) in [6.07, 6.45) is 2.81. The summed E-state index contributed by atoms with van der Waals surface area (Å²) in [6, 6.07) is 1.69. The molecule has 142 valence electrons.